The van der Waals surface area contributed by atoms with Crippen LogP contribution in [0.4, 0.5) is 5.69 Å². The predicted molar refractivity (Wildman–Crippen MR) is 119 cm³/mol. The molecule has 2 aliphatic carbocycles. The molecule has 2 fully saturated rings. The average molecular weight is 458 g/mol. The number of benzene rings is 2. The number of rotatable bonds is 7. The Morgan fingerprint density at radius 2 is 1.84 bits per heavy atom. The van der Waals surface area contributed by atoms with E-state index in [9.17, 15) is 18.0 Å². The van der Waals surface area contributed by atoms with Gasteiger partial charge >= 0.3 is 0 Å². The Hall–Kier alpha value is -3.07. The van der Waals surface area contributed by atoms with Crippen LogP contribution >= 0.6 is 0 Å². The SMILES string of the molecule is COc1ccccc1NS(=O)(=O)c1cccc(C(=O)NNC(=O)C[C@@H]2C[C@H]3CC[C@H]2C3)c1. The minimum Gasteiger partial charge on any atom is -0.495 e. The van der Waals surface area contributed by atoms with Crippen molar-refractivity contribution in [2.45, 2.75) is 37.0 Å². The smallest absolute Gasteiger partial charge is 0.269 e. The van der Waals surface area contributed by atoms with Crippen molar-refractivity contribution in [2.75, 3.05) is 11.8 Å². The third-order valence-electron chi connectivity index (χ3n) is 6.41. The predicted octanol–water partition coefficient (Wildman–Crippen LogP) is 3.08. The number of sulfonamides is 1. The van der Waals surface area contributed by atoms with E-state index < -0.39 is 15.9 Å². The third-order valence-corrected chi connectivity index (χ3v) is 7.77. The lowest BCUT2D eigenvalue weighted by Gasteiger charge is -2.20. The molecular formula is C23H27N3O5S. The van der Waals surface area contributed by atoms with E-state index in [1.807, 2.05) is 0 Å². The van der Waals surface area contributed by atoms with Gasteiger partial charge in [-0.15, -0.1) is 0 Å². The zero-order valence-electron chi connectivity index (χ0n) is 17.8. The van der Waals surface area contributed by atoms with Crippen LogP contribution in [0.1, 0.15) is 42.5 Å². The minimum absolute atomic E-state index is 0.0793. The summed E-state index contributed by atoms with van der Waals surface area (Å²) in [5.74, 6) is 1.34. The molecule has 3 N–H and O–H groups in total. The van der Waals surface area contributed by atoms with E-state index in [1.165, 1.54) is 50.6 Å². The van der Waals surface area contributed by atoms with Gasteiger partial charge < -0.3 is 4.74 Å². The highest BCUT2D eigenvalue weighted by Gasteiger charge is 2.40. The van der Waals surface area contributed by atoms with Crippen LogP contribution in [-0.2, 0) is 14.8 Å². The van der Waals surface area contributed by atoms with Crippen molar-refractivity contribution in [3.63, 3.8) is 0 Å². The van der Waals surface area contributed by atoms with E-state index in [0.29, 0.717) is 24.0 Å². The van der Waals surface area contributed by atoms with Crippen molar-refractivity contribution in [1.29, 1.82) is 0 Å². The van der Waals surface area contributed by atoms with E-state index in [4.69, 9.17) is 4.74 Å². The first-order valence-electron chi connectivity index (χ1n) is 10.7. The Labute approximate surface area is 187 Å². The molecule has 2 bridgehead atoms. The van der Waals surface area contributed by atoms with Gasteiger partial charge in [-0.2, -0.15) is 0 Å². The number of carbonyl (C=O) groups is 2. The zero-order chi connectivity index (χ0) is 22.7. The summed E-state index contributed by atoms with van der Waals surface area (Å²) in [5, 5.41) is 0. The quantitative estimate of drug-likeness (QED) is 0.553. The molecular weight excluding hydrogens is 430 g/mol. The first kappa shape index (κ1) is 22.1. The van der Waals surface area contributed by atoms with Crippen molar-refractivity contribution in [2.24, 2.45) is 17.8 Å². The van der Waals surface area contributed by atoms with Gasteiger partial charge in [-0.3, -0.25) is 25.2 Å². The molecule has 4 rings (SSSR count). The van der Waals surface area contributed by atoms with Gasteiger partial charge in [-0.25, -0.2) is 8.42 Å². The summed E-state index contributed by atoms with van der Waals surface area (Å²) in [6.45, 7) is 0. The average Bonchev–Trinajstić information content (AvgIpc) is 3.41. The molecule has 0 spiro atoms. The molecule has 0 unspecified atom stereocenters. The summed E-state index contributed by atoms with van der Waals surface area (Å²) in [4.78, 5) is 24.7. The molecule has 2 aromatic rings. The second-order valence-corrected chi connectivity index (χ2v) is 10.2. The molecule has 9 heteroatoms. The van der Waals surface area contributed by atoms with Gasteiger partial charge in [0.2, 0.25) is 5.91 Å². The fraction of sp³-hybridized carbons (Fsp3) is 0.391. The number of hydrogen-bond acceptors (Lipinski definition) is 5. The van der Waals surface area contributed by atoms with Crippen LogP contribution < -0.4 is 20.3 Å². The fourth-order valence-corrected chi connectivity index (χ4v) is 5.97. The number of amides is 2. The molecule has 0 aliphatic heterocycles. The third kappa shape index (κ3) is 4.88. The maximum absolute atomic E-state index is 12.8. The van der Waals surface area contributed by atoms with E-state index in [2.05, 4.69) is 15.6 Å². The number of fused-ring (bicyclic) bond motifs is 2. The number of ether oxygens (including phenoxy) is 1. The summed E-state index contributed by atoms with van der Waals surface area (Å²) in [5.41, 5.74) is 5.26. The summed E-state index contributed by atoms with van der Waals surface area (Å²) < 4.78 is 33.2. The van der Waals surface area contributed by atoms with Gasteiger partial charge in [0, 0.05) is 12.0 Å². The molecule has 32 heavy (non-hydrogen) atoms. The number of methoxy groups -OCH3 is 1. The van der Waals surface area contributed by atoms with Crippen molar-refractivity contribution in [1.82, 2.24) is 10.9 Å². The van der Waals surface area contributed by atoms with E-state index in [1.54, 1.807) is 24.3 Å². The molecule has 8 nitrogen and oxygen atoms in total. The largest absolute Gasteiger partial charge is 0.495 e. The van der Waals surface area contributed by atoms with E-state index in [0.717, 1.165) is 12.3 Å². The van der Waals surface area contributed by atoms with Crippen molar-refractivity contribution in [3.05, 3.63) is 54.1 Å². The monoisotopic (exact) mass is 457 g/mol. The number of carbonyl (C=O) groups excluding carboxylic acids is 2. The summed E-state index contributed by atoms with van der Waals surface area (Å²) in [6, 6.07) is 12.2. The lowest BCUT2D eigenvalue weighted by Crippen LogP contribution is -2.42. The van der Waals surface area contributed by atoms with Crippen molar-refractivity contribution in [3.8, 4) is 5.75 Å². The number of anilines is 1. The molecule has 2 aliphatic rings. The van der Waals surface area contributed by atoms with Crippen LogP contribution in [0, 0.1) is 17.8 Å². The topological polar surface area (TPSA) is 114 Å². The highest BCUT2D eigenvalue weighted by Crippen LogP contribution is 2.49. The van der Waals surface area contributed by atoms with E-state index in [-0.39, 0.29) is 22.1 Å². The van der Waals surface area contributed by atoms with Crippen LogP contribution in [0.25, 0.3) is 0 Å². The van der Waals surface area contributed by atoms with Gasteiger partial charge in [0.25, 0.3) is 15.9 Å². The Morgan fingerprint density at radius 1 is 1.03 bits per heavy atom. The Bertz CT molecular complexity index is 1120. The van der Waals surface area contributed by atoms with Gasteiger partial charge in [-0.1, -0.05) is 24.6 Å². The fourth-order valence-electron chi connectivity index (χ4n) is 4.85. The van der Waals surface area contributed by atoms with Crippen LogP contribution in [0.3, 0.4) is 0 Å². The van der Waals surface area contributed by atoms with Gasteiger partial charge in [0.15, 0.2) is 0 Å². The summed E-state index contributed by atoms with van der Waals surface area (Å²) in [6.07, 6.45) is 5.17. The highest BCUT2D eigenvalue weighted by atomic mass is 32.2. The molecule has 170 valence electrons. The maximum atomic E-state index is 12.8. The van der Waals surface area contributed by atoms with Crippen molar-refractivity contribution >= 4 is 27.5 Å². The van der Waals surface area contributed by atoms with Crippen LogP contribution in [0.5, 0.6) is 5.75 Å². The number of hydrazine groups is 1. The van der Waals surface area contributed by atoms with Crippen LogP contribution in [0.15, 0.2) is 53.4 Å². The minimum atomic E-state index is -3.95. The molecule has 2 aromatic carbocycles. The molecule has 0 radical (unpaired) electrons. The number of hydrogen-bond donors (Lipinski definition) is 3. The maximum Gasteiger partial charge on any atom is 0.269 e. The first-order valence-corrected chi connectivity index (χ1v) is 12.2. The highest BCUT2D eigenvalue weighted by molar-refractivity contribution is 7.92. The summed E-state index contributed by atoms with van der Waals surface area (Å²) in [7, 11) is -2.50. The Kier molecular flexibility index (Phi) is 6.36. The molecule has 0 aromatic heterocycles. The van der Waals surface area contributed by atoms with Crippen LogP contribution in [0.2, 0.25) is 0 Å². The first-order chi connectivity index (χ1) is 15.4. The number of nitrogens with one attached hydrogen (secondary N) is 3. The number of para-hydroxylation sites is 2. The molecule has 0 saturated heterocycles. The second-order valence-electron chi connectivity index (χ2n) is 8.47. The standard InChI is InChI=1S/C23H27N3O5S/c1-31-21-8-3-2-7-20(21)26-32(29,30)19-6-4-5-17(13-19)23(28)25-24-22(27)14-18-12-15-9-10-16(18)11-15/h2-8,13,15-16,18,26H,9-12,14H2,1H3,(H,24,27)(H,25,28)/t15-,16-,18-/m0/s1. The van der Waals surface area contributed by atoms with Crippen LogP contribution in [-0.4, -0.2) is 27.3 Å². The normalized spacial score (nSPS) is 21.7. The zero-order valence-corrected chi connectivity index (χ0v) is 18.7. The van der Waals surface area contributed by atoms with Gasteiger partial charge in [-0.05, 0) is 67.3 Å². The molecule has 2 saturated carbocycles. The van der Waals surface area contributed by atoms with Gasteiger partial charge in [0.1, 0.15) is 5.75 Å². The molecule has 2 amide bonds. The molecule has 3 atom stereocenters. The summed E-state index contributed by atoms with van der Waals surface area (Å²) >= 11 is 0. The Morgan fingerprint density at radius 3 is 2.56 bits per heavy atom. The Balaban J connectivity index is 1.37. The lowest BCUT2D eigenvalue weighted by molar-refractivity contribution is -0.123. The van der Waals surface area contributed by atoms with E-state index >= 15 is 0 Å². The molecule has 0 heterocycles. The van der Waals surface area contributed by atoms with Gasteiger partial charge in [0.05, 0.1) is 17.7 Å². The second kappa shape index (κ2) is 9.20. The van der Waals surface area contributed by atoms with Crippen molar-refractivity contribution < 1.29 is 22.7 Å². The lowest BCUT2D eigenvalue weighted by atomic mass is 9.86.